The average Bonchev–Trinajstić information content (AvgIpc) is 3.40. The van der Waals surface area contributed by atoms with Crippen molar-refractivity contribution in [3.05, 3.63) is 35.3 Å². The summed E-state index contributed by atoms with van der Waals surface area (Å²) in [5.41, 5.74) is 0.706. The molecule has 3 aliphatic rings. The fraction of sp³-hybridized carbons (Fsp3) is 0.474. The van der Waals surface area contributed by atoms with Gasteiger partial charge in [-0.1, -0.05) is 12.1 Å². The van der Waals surface area contributed by atoms with Crippen LogP contribution in [0.5, 0.6) is 5.75 Å². The topological polar surface area (TPSA) is 54.9 Å². The van der Waals surface area contributed by atoms with Crippen LogP contribution in [-0.4, -0.2) is 59.3 Å². The molecule has 3 fully saturated rings. The molecule has 0 unspecified atom stereocenters. The largest absolute Gasteiger partial charge is 0.497 e. The third-order valence-electron chi connectivity index (χ3n) is 5.74. The lowest BCUT2D eigenvalue weighted by Gasteiger charge is -2.31. The van der Waals surface area contributed by atoms with Crippen LogP contribution >= 0.6 is 11.3 Å². The second kappa shape index (κ2) is 6.04. The summed E-state index contributed by atoms with van der Waals surface area (Å²) in [6, 6.07) is 8.14. The van der Waals surface area contributed by atoms with E-state index >= 15 is 0 Å². The second-order valence-corrected chi connectivity index (χ2v) is 8.16. The Balaban J connectivity index is 1.35. The number of hydrogen-bond donors (Lipinski definition) is 0. The molecule has 6 nitrogen and oxygen atoms in total. The number of likely N-dealkylation sites (tertiary alicyclic amines) is 1. The van der Waals surface area contributed by atoms with Gasteiger partial charge in [-0.15, -0.1) is 11.3 Å². The van der Waals surface area contributed by atoms with Crippen molar-refractivity contribution in [1.82, 2.24) is 14.8 Å². The Bertz CT molecular complexity index is 854. The van der Waals surface area contributed by atoms with Crippen molar-refractivity contribution in [3.8, 4) is 16.3 Å². The van der Waals surface area contributed by atoms with Crippen LogP contribution in [0.2, 0.25) is 0 Å². The minimum atomic E-state index is -0.364. The van der Waals surface area contributed by atoms with Gasteiger partial charge in [0.1, 0.15) is 10.8 Å². The third kappa shape index (κ3) is 2.38. The van der Waals surface area contributed by atoms with E-state index in [1.807, 2.05) is 29.3 Å². The predicted molar refractivity (Wildman–Crippen MR) is 97.9 cm³/mol. The zero-order chi connectivity index (χ0) is 17.7. The molecule has 1 aromatic carbocycles. The van der Waals surface area contributed by atoms with Crippen molar-refractivity contribution in [2.24, 2.45) is 0 Å². The SMILES string of the molecule is COc1cccc(-c2ncc(CN3CC[C@@]45OCCN4C(=O)C[C@@H]35)s2)c1. The fourth-order valence-corrected chi connectivity index (χ4v) is 5.47. The standard InChI is InChI=1S/C19H21N3O3S/c1-24-14-4-2-3-13(9-14)18-20-11-15(26-18)12-21-6-5-19-16(21)10-17(23)22(19)7-8-25-19/h2-4,9,11,16H,5-8,10,12H2,1H3/t16-,19+/m1/s1. The summed E-state index contributed by atoms with van der Waals surface area (Å²) >= 11 is 1.70. The van der Waals surface area contributed by atoms with Gasteiger partial charge in [-0.25, -0.2) is 4.98 Å². The number of methoxy groups -OCH3 is 1. The summed E-state index contributed by atoms with van der Waals surface area (Å²) < 4.78 is 11.4. The number of thiazole rings is 1. The first-order chi connectivity index (χ1) is 12.7. The molecule has 1 aromatic heterocycles. The Hall–Kier alpha value is -1.96. The molecule has 0 bridgehead atoms. The van der Waals surface area contributed by atoms with Crippen molar-refractivity contribution in [3.63, 3.8) is 0 Å². The number of hydrogen-bond acceptors (Lipinski definition) is 6. The number of nitrogens with zero attached hydrogens (tertiary/aromatic N) is 3. The van der Waals surface area contributed by atoms with Crippen LogP contribution in [0.15, 0.2) is 30.5 Å². The summed E-state index contributed by atoms with van der Waals surface area (Å²) in [4.78, 5) is 22.5. The lowest BCUT2D eigenvalue weighted by atomic mass is 10.1. The summed E-state index contributed by atoms with van der Waals surface area (Å²) in [6.07, 6.45) is 3.43. The molecule has 136 valence electrons. The van der Waals surface area contributed by atoms with Crippen LogP contribution in [-0.2, 0) is 16.1 Å². The quantitative estimate of drug-likeness (QED) is 0.826. The first-order valence-corrected chi connectivity index (χ1v) is 9.79. The van der Waals surface area contributed by atoms with Crippen molar-refractivity contribution < 1.29 is 14.3 Å². The zero-order valence-corrected chi connectivity index (χ0v) is 15.5. The van der Waals surface area contributed by atoms with Gasteiger partial charge in [0.2, 0.25) is 5.91 Å². The van der Waals surface area contributed by atoms with Gasteiger partial charge >= 0.3 is 0 Å². The molecule has 0 aliphatic carbocycles. The Kier molecular flexibility index (Phi) is 3.77. The Morgan fingerprint density at radius 1 is 1.42 bits per heavy atom. The fourth-order valence-electron chi connectivity index (χ4n) is 4.54. The first-order valence-electron chi connectivity index (χ1n) is 8.97. The Morgan fingerprint density at radius 3 is 3.23 bits per heavy atom. The van der Waals surface area contributed by atoms with Gasteiger partial charge in [-0.3, -0.25) is 9.69 Å². The minimum absolute atomic E-state index is 0.167. The van der Waals surface area contributed by atoms with Crippen LogP contribution in [0.1, 0.15) is 17.7 Å². The number of aromatic nitrogens is 1. The molecule has 2 atom stereocenters. The Morgan fingerprint density at radius 2 is 2.35 bits per heavy atom. The molecule has 0 saturated carbocycles. The smallest absolute Gasteiger partial charge is 0.226 e. The third-order valence-corrected chi connectivity index (χ3v) is 6.77. The monoisotopic (exact) mass is 371 g/mol. The number of carbonyl (C=O) groups excluding carboxylic acids is 1. The molecule has 0 radical (unpaired) electrons. The van der Waals surface area contributed by atoms with E-state index in [0.717, 1.165) is 42.4 Å². The highest BCUT2D eigenvalue weighted by Crippen LogP contribution is 2.46. The highest BCUT2D eigenvalue weighted by Gasteiger charge is 2.61. The van der Waals surface area contributed by atoms with Crippen LogP contribution < -0.4 is 4.74 Å². The van der Waals surface area contributed by atoms with Gasteiger partial charge in [0.05, 0.1) is 19.8 Å². The molecule has 2 aromatic rings. The molecule has 3 aliphatic heterocycles. The van der Waals surface area contributed by atoms with Crippen LogP contribution in [0.25, 0.3) is 10.6 Å². The van der Waals surface area contributed by atoms with E-state index in [0.29, 0.717) is 13.0 Å². The highest BCUT2D eigenvalue weighted by atomic mass is 32.1. The molecule has 0 N–H and O–H groups in total. The molecule has 4 heterocycles. The van der Waals surface area contributed by atoms with Crippen molar-refractivity contribution in [2.45, 2.75) is 31.2 Å². The van der Waals surface area contributed by atoms with E-state index in [2.05, 4.69) is 16.0 Å². The van der Waals surface area contributed by atoms with Crippen molar-refractivity contribution in [1.29, 1.82) is 0 Å². The van der Waals surface area contributed by atoms with Gasteiger partial charge in [0.15, 0.2) is 5.72 Å². The van der Waals surface area contributed by atoms with Crippen molar-refractivity contribution >= 4 is 17.2 Å². The zero-order valence-electron chi connectivity index (χ0n) is 14.7. The van der Waals surface area contributed by atoms with Crippen molar-refractivity contribution in [2.75, 3.05) is 26.8 Å². The number of rotatable bonds is 4. The van der Waals surface area contributed by atoms with Gasteiger partial charge in [-0.2, -0.15) is 0 Å². The van der Waals surface area contributed by atoms with Gasteiger partial charge in [0.25, 0.3) is 0 Å². The normalized spacial score (nSPS) is 27.8. The first kappa shape index (κ1) is 16.2. The Labute approximate surface area is 156 Å². The minimum Gasteiger partial charge on any atom is -0.497 e. The van der Waals surface area contributed by atoms with Crippen LogP contribution in [0.3, 0.4) is 0 Å². The number of amides is 1. The maximum Gasteiger partial charge on any atom is 0.226 e. The molecule has 1 amide bonds. The number of ether oxygens (including phenoxy) is 2. The molecule has 7 heteroatoms. The van der Waals surface area contributed by atoms with Crippen LogP contribution in [0.4, 0.5) is 0 Å². The summed E-state index contributed by atoms with van der Waals surface area (Å²) in [5, 5.41) is 0.994. The van der Waals surface area contributed by atoms with E-state index < -0.39 is 0 Å². The molecular weight excluding hydrogens is 350 g/mol. The van der Waals surface area contributed by atoms with Gasteiger partial charge in [0, 0.05) is 49.1 Å². The maximum absolute atomic E-state index is 12.3. The maximum atomic E-state index is 12.3. The lowest BCUT2D eigenvalue weighted by molar-refractivity contribution is -0.136. The van der Waals surface area contributed by atoms with E-state index in [-0.39, 0.29) is 17.7 Å². The van der Waals surface area contributed by atoms with E-state index in [9.17, 15) is 4.79 Å². The molecular formula is C19H21N3O3S. The van der Waals surface area contributed by atoms with E-state index in [1.165, 1.54) is 4.88 Å². The van der Waals surface area contributed by atoms with E-state index in [1.54, 1.807) is 18.4 Å². The number of carbonyl (C=O) groups is 1. The lowest BCUT2D eigenvalue weighted by Crippen LogP contribution is -2.47. The molecule has 1 spiro atoms. The van der Waals surface area contributed by atoms with E-state index in [4.69, 9.17) is 9.47 Å². The highest BCUT2D eigenvalue weighted by molar-refractivity contribution is 7.15. The second-order valence-electron chi connectivity index (χ2n) is 7.04. The molecule has 3 saturated heterocycles. The van der Waals surface area contributed by atoms with Gasteiger partial charge in [-0.05, 0) is 12.1 Å². The predicted octanol–water partition coefficient (Wildman–Crippen LogP) is 2.35. The van der Waals surface area contributed by atoms with Gasteiger partial charge < -0.3 is 14.4 Å². The molecule has 5 rings (SSSR count). The average molecular weight is 371 g/mol. The van der Waals surface area contributed by atoms with Crippen LogP contribution in [0, 0.1) is 0 Å². The summed E-state index contributed by atoms with van der Waals surface area (Å²) in [7, 11) is 1.67. The summed E-state index contributed by atoms with van der Waals surface area (Å²) in [6.45, 7) is 3.18. The molecule has 26 heavy (non-hydrogen) atoms. The summed E-state index contributed by atoms with van der Waals surface area (Å²) in [5.74, 6) is 1.07. The number of benzene rings is 1.